The van der Waals surface area contributed by atoms with E-state index in [0.717, 1.165) is 6.42 Å². The van der Waals surface area contributed by atoms with Gasteiger partial charge < -0.3 is 10.7 Å². The maximum absolute atomic E-state index is 5.65. The number of nitrogens with two attached hydrogens (primary N) is 1. The van der Waals surface area contributed by atoms with Crippen molar-refractivity contribution in [1.29, 1.82) is 0 Å². The Balaban J connectivity index is 2.11. The number of anilines is 1. The van der Waals surface area contributed by atoms with Gasteiger partial charge in [0.15, 0.2) is 5.95 Å². The number of fused-ring (bicyclic) bond motifs is 4. The van der Waals surface area contributed by atoms with Crippen LogP contribution in [0.15, 0.2) is 0 Å². The van der Waals surface area contributed by atoms with E-state index in [0.29, 0.717) is 18.0 Å². The molecule has 2 atom stereocenters. The lowest BCUT2D eigenvalue weighted by Crippen LogP contribution is -2.34. The normalized spacial score (nSPS) is 32.1. The molecule has 2 aliphatic rings. The number of nitrogens with one attached hydrogen (secondary N) is 1. The molecule has 0 amide bonds. The zero-order chi connectivity index (χ0) is 9.00. The van der Waals surface area contributed by atoms with Crippen molar-refractivity contribution in [1.82, 2.24) is 14.9 Å². The van der Waals surface area contributed by atoms with Crippen molar-refractivity contribution in [2.45, 2.75) is 31.3 Å². The second kappa shape index (κ2) is 2.26. The zero-order valence-corrected chi connectivity index (χ0v) is 7.75. The Bertz CT molecular complexity index is 343. The van der Waals surface area contributed by atoms with E-state index in [1.54, 1.807) is 0 Å². The summed E-state index contributed by atoms with van der Waals surface area (Å²) in [7, 11) is 2.19. The van der Waals surface area contributed by atoms with Crippen LogP contribution in [-0.2, 0) is 6.42 Å². The van der Waals surface area contributed by atoms with Gasteiger partial charge in [0.1, 0.15) is 0 Å². The Morgan fingerprint density at radius 3 is 3.23 bits per heavy atom. The van der Waals surface area contributed by atoms with Gasteiger partial charge in [0.05, 0.1) is 11.7 Å². The highest BCUT2D eigenvalue weighted by atomic mass is 15.2. The number of nitrogens with zero attached hydrogens (tertiary/aromatic N) is 2. The van der Waals surface area contributed by atoms with Gasteiger partial charge in [-0.25, -0.2) is 4.98 Å². The first-order valence-corrected chi connectivity index (χ1v) is 4.82. The van der Waals surface area contributed by atoms with E-state index in [-0.39, 0.29) is 0 Å². The number of aromatic nitrogens is 2. The highest BCUT2D eigenvalue weighted by Gasteiger charge is 2.39. The third kappa shape index (κ3) is 0.864. The molecule has 4 nitrogen and oxygen atoms in total. The van der Waals surface area contributed by atoms with Crippen molar-refractivity contribution in [2.24, 2.45) is 0 Å². The Kier molecular flexibility index (Phi) is 1.28. The van der Waals surface area contributed by atoms with Crippen LogP contribution in [0.25, 0.3) is 0 Å². The molecular formula is C9H14N4. The van der Waals surface area contributed by atoms with Crippen molar-refractivity contribution in [3.63, 3.8) is 0 Å². The highest BCUT2D eigenvalue weighted by Crippen LogP contribution is 2.41. The average Bonchev–Trinajstić information content (AvgIpc) is 2.54. The molecule has 1 saturated heterocycles. The fourth-order valence-electron chi connectivity index (χ4n) is 2.70. The average molecular weight is 178 g/mol. The van der Waals surface area contributed by atoms with Gasteiger partial charge in [0.25, 0.3) is 0 Å². The molecule has 1 aromatic rings. The molecule has 4 heteroatoms. The van der Waals surface area contributed by atoms with Crippen LogP contribution in [0.2, 0.25) is 0 Å². The SMILES string of the molecule is CN1C2CCC1c1nc(N)[nH]c1C2. The van der Waals surface area contributed by atoms with E-state index in [1.807, 2.05) is 0 Å². The molecule has 3 heterocycles. The summed E-state index contributed by atoms with van der Waals surface area (Å²) in [6.07, 6.45) is 3.62. The molecule has 1 fully saturated rings. The molecule has 0 spiro atoms. The lowest BCUT2D eigenvalue weighted by molar-refractivity contribution is 0.220. The zero-order valence-electron chi connectivity index (χ0n) is 7.75. The minimum atomic E-state index is 0.516. The van der Waals surface area contributed by atoms with Crippen LogP contribution in [0.3, 0.4) is 0 Å². The summed E-state index contributed by atoms with van der Waals surface area (Å²) in [4.78, 5) is 9.95. The molecule has 2 aliphatic heterocycles. The molecular weight excluding hydrogens is 164 g/mol. The summed E-state index contributed by atoms with van der Waals surface area (Å²) in [6.45, 7) is 0. The molecule has 3 N–H and O–H groups in total. The van der Waals surface area contributed by atoms with E-state index in [4.69, 9.17) is 5.73 Å². The van der Waals surface area contributed by atoms with Crippen LogP contribution in [0, 0.1) is 0 Å². The van der Waals surface area contributed by atoms with Crippen molar-refractivity contribution < 1.29 is 0 Å². The summed E-state index contributed by atoms with van der Waals surface area (Å²) < 4.78 is 0. The minimum absolute atomic E-state index is 0.516. The predicted molar refractivity (Wildman–Crippen MR) is 50.2 cm³/mol. The van der Waals surface area contributed by atoms with E-state index in [1.165, 1.54) is 24.2 Å². The molecule has 0 aliphatic carbocycles. The first-order chi connectivity index (χ1) is 6.25. The highest BCUT2D eigenvalue weighted by molar-refractivity contribution is 5.32. The molecule has 3 rings (SSSR count). The summed E-state index contributed by atoms with van der Waals surface area (Å²) in [5, 5.41) is 0. The van der Waals surface area contributed by atoms with Gasteiger partial charge in [-0.15, -0.1) is 0 Å². The van der Waals surface area contributed by atoms with Crippen LogP contribution in [0.1, 0.15) is 30.3 Å². The fourth-order valence-corrected chi connectivity index (χ4v) is 2.70. The molecule has 13 heavy (non-hydrogen) atoms. The molecule has 2 unspecified atom stereocenters. The summed E-state index contributed by atoms with van der Waals surface area (Å²) in [5.41, 5.74) is 8.11. The van der Waals surface area contributed by atoms with Gasteiger partial charge in [-0.2, -0.15) is 0 Å². The van der Waals surface area contributed by atoms with Crippen molar-refractivity contribution >= 4 is 5.95 Å². The van der Waals surface area contributed by atoms with Crippen molar-refractivity contribution in [3.05, 3.63) is 11.4 Å². The Hall–Kier alpha value is -1.03. The number of imidazole rings is 1. The van der Waals surface area contributed by atoms with Gasteiger partial charge in [-0.3, -0.25) is 4.90 Å². The minimum Gasteiger partial charge on any atom is -0.369 e. The topological polar surface area (TPSA) is 57.9 Å². The third-order valence-electron chi connectivity index (χ3n) is 3.43. The maximum atomic E-state index is 5.65. The van der Waals surface area contributed by atoms with E-state index in [2.05, 4.69) is 21.9 Å². The Morgan fingerprint density at radius 1 is 1.54 bits per heavy atom. The first-order valence-electron chi connectivity index (χ1n) is 4.82. The summed E-state index contributed by atoms with van der Waals surface area (Å²) in [6, 6.07) is 1.22. The van der Waals surface area contributed by atoms with Gasteiger partial charge in [0.2, 0.25) is 0 Å². The van der Waals surface area contributed by atoms with Gasteiger partial charge >= 0.3 is 0 Å². The second-order valence-electron chi connectivity index (χ2n) is 4.10. The van der Waals surface area contributed by atoms with Crippen LogP contribution in [-0.4, -0.2) is 28.0 Å². The fraction of sp³-hybridized carbons (Fsp3) is 0.667. The number of nitrogen functional groups attached to an aromatic ring is 1. The Morgan fingerprint density at radius 2 is 2.38 bits per heavy atom. The number of aromatic amines is 1. The number of H-pyrrole nitrogens is 1. The van der Waals surface area contributed by atoms with E-state index in [9.17, 15) is 0 Å². The largest absolute Gasteiger partial charge is 0.369 e. The molecule has 0 radical (unpaired) electrons. The molecule has 70 valence electrons. The predicted octanol–water partition coefficient (Wildman–Crippen LogP) is 0.683. The first kappa shape index (κ1) is 7.38. The lowest BCUT2D eigenvalue weighted by atomic mass is 10.1. The second-order valence-corrected chi connectivity index (χ2v) is 4.10. The third-order valence-corrected chi connectivity index (χ3v) is 3.43. The van der Waals surface area contributed by atoms with Crippen LogP contribution < -0.4 is 5.73 Å². The standard InChI is InChI=1S/C9H14N4/c1-13-5-2-3-7(13)8-6(4-5)11-9(10)12-8/h5,7H,2-4H2,1H3,(H3,10,11,12). The monoisotopic (exact) mass is 178 g/mol. The van der Waals surface area contributed by atoms with Crippen molar-refractivity contribution in [3.8, 4) is 0 Å². The molecule has 0 aromatic carbocycles. The smallest absolute Gasteiger partial charge is 0.197 e. The molecule has 0 saturated carbocycles. The van der Waals surface area contributed by atoms with E-state index >= 15 is 0 Å². The van der Waals surface area contributed by atoms with Crippen LogP contribution >= 0.6 is 0 Å². The van der Waals surface area contributed by atoms with Gasteiger partial charge in [-0.05, 0) is 19.9 Å². The number of rotatable bonds is 0. The van der Waals surface area contributed by atoms with Crippen LogP contribution in [0.5, 0.6) is 0 Å². The van der Waals surface area contributed by atoms with Crippen LogP contribution in [0.4, 0.5) is 5.95 Å². The summed E-state index contributed by atoms with van der Waals surface area (Å²) >= 11 is 0. The molecule has 1 aromatic heterocycles. The number of hydrogen-bond acceptors (Lipinski definition) is 3. The van der Waals surface area contributed by atoms with Crippen molar-refractivity contribution in [2.75, 3.05) is 12.8 Å². The maximum Gasteiger partial charge on any atom is 0.197 e. The van der Waals surface area contributed by atoms with Gasteiger partial charge in [0, 0.05) is 18.2 Å². The molecule has 2 bridgehead atoms. The summed E-state index contributed by atoms with van der Waals surface area (Å²) in [5.74, 6) is 0.575. The number of hydrogen-bond donors (Lipinski definition) is 2. The number of likely N-dealkylation sites (N-methyl/N-ethyl adjacent to an activating group) is 1. The van der Waals surface area contributed by atoms with E-state index < -0.39 is 0 Å². The quantitative estimate of drug-likeness (QED) is 0.614. The van der Waals surface area contributed by atoms with Gasteiger partial charge in [-0.1, -0.05) is 0 Å². The lowest BCUT2D eigenvalue weighted by Gasteiger charge is -2.29. The Labute approximate surface area is 77.1 Å².